The van der Waals surface area contributed by atoms with Gasteiger partial charge in [0.05, 0.1) is 11.5 Å². The molecule has 0 unspecified atom stereocenters. The van der Waals surface area contributed by atoms with Gasteiger partial charge in [-0.25, -0.2) is 0 Å². The number of rotatable bonds is 7. The fraction of sp³-hybridized carbons (Fsp3) is 0.381. The lowest BCUT2D eigenvalue weighted by Crippen LogP contribution is -2.45. The summed E-state index contributed by atoms with van der Waals surface area (Å²) in [4.78, 5) is 47.9. The van der Waals surface area contributed by atoms with Crippen LogP contribution in [0.5, 0.6) is 0 Å². The SMILES string of the molecule is Cc1cc([N+](=O)[O-])ccc1NC(=O)C(=O)NCC(=O)NCC1(c2cccs2)CCCC1. The fourth-order valence-electron chi connectivity index (χ4n) is 3.79. The third-order valence-corrected chi connectivity index (χ3v) is 6.63. The highest BCUT2D eigenvalue weighted by molar-refractivity contribution is 7.10. The van der Waals surface area contributed by atoms with Gasteiger partial charge in [-0.1, -0.05) is 18.9 Å². The molecule has 3 amide bonds. The van der Waals surface area contributed by atoms with Crippen molar-refractivity contribution in [3.05, 3.63) is 56.3 Å². The molecule has 1 aromatic heterocycles. The van der Waals surface area contributed by atoms with Gasteiger partial charge in [0.25, 0.3) is 5.69 Å². The summed E-state index contributed by atoms with van der Waals surface area (Å²) in [6.07, 6.45) is 4.26. The van der Waals surface area contributed by atoms with E-state index in [1.807, 2.05) is 11.4 Å². The Balaban J connectivity index is 1.48. The number of carbonyl (C=O) groups is 3. The summed E-state index contributed by atoms with van der Waals surface area (Å²) in [6, 6.07) is 7.99. The Bertz CT molecular complexity index is 984. The van der Waals surface area contributed by atoms with E-state index in [9.17, 15) is 24.5 Å². The molecule has 0 atom stereocenters. The second-order valence-corrected chi connectivity index (χ2v) is 8.58. The van der Waals surface area contributed by atoms with E-state index in [1.165, 1.54) is 23.1 Å². The molecule has 2 aromatic rings. The highest BCUT2D eigenvalue weighted by Gasteiger charge is 2.36. The van der Waals surface area contributed by atoms with Crippen LogP contribution >= 0.6 is 11.3 Å². The largest absolute Gasteiger partial charge is 0.354 e. The van der Waals surface area contributed by atoms with Crippen LogP contribution < -0.4 is 16.0 Å². The Morgan fingerprint density at radius 3 is 2.48 bits per heavy atom. The topological polar surface area (TPSA) is 130 Å². The first-order valence-corrected chi connectivity index (χ1v) is 10.8. The van der Waals surface area contributed by atoms with Crippen LogP contribution in [-0.4, -0.2) is 35.7 Å². The highest BCUT2D eigenvalue weighted by Crippen LogP contribution is 2.42. The average Bonchev–Trinajstić information content (AvgIpc) is 3.44. The summed E-state index contributed by atoms with van der Waals surface area (Å²) in [6.45, 7) is 1.77. The normalized spacial score (nSPS) is 14.6. The van der Waals surface area contributed by atoms with E-state index in [0.717, 1.165) is 25.7 Å². The zero-order valence-corrected chi connectivity index (χ0v) is 17.9. The minimum Gasteiger partial charge on any atom is -0.354 e. The van der Waals surface area contributed by atoms with Crippen molar-refractivity contribution in [2.24, 2.45) is 0 Å². The van der Waals surface area contributed by atoms with Crippen molar-refractivity contribution < 1.29 is 19.3 Å². The molecule has 1 aliphatic rings. The lowest BCUT2D eigenvalue weighted by Gasteiger charge is -2.28. The molecular weight excluding hydrogens is 420 g/mol. The Kier molecular flexibility index (Phi) is 7.01. The molecule has 10 heteroatoms. The molecule has 164 valence electrons. The maximum absolute atomic E-state index is 12.2. The molecule has 0 bridgehead atoms. The number of non-ortho nitro benzene ring substituents is 1. The molecule has 0 saturated heterocycles. The third-order valence-electron chi connectivity index (χ3n) is 5.51. The van der Waals surface area contributed by atoms with Crippen LogP contribution in [0.15, 0.2) is 35.7 Å². The van der Waals surface area contributed by atoms with E-state index >= 15 is 0 Å². The summed E-state index contributed by atoms with van der Waals surface area (Å²) in [5.41, 5.74) is 0.565. The lowest BCUT2D eigenvalue weighted by molar-refractivity contribution is -0.384. The molecule has 1 saturated carbocycles. The molecule has 1 aromatic carbocycles. The molecule has 9 nitrogen and oxygen atoms in total. The standard InChI is InChI=1S/C21H24N4O5S/c1-14-11-15(25(29)30)6-7-16(14)24-20(28)19(27)22-12-18(26)23-13-21(8-2-3-9-21)17-5-4-10-31-17/h4-7,10-11H,2-3,8-9,12-13H2,1H3,(H,22,27)(H,23,26)(H,24,28). The smallest absolute Gasteiger partial charge is 0.313 e. The van der Waals surface area contributed by atoms with Gasteiger partial charge in [-0.05, 0) is 42.8 Å². The minimum absolute atomic E-state index is 0.0569. The van der Waals surface area contributed by atoms with Crippen molar-refractivity contribution in [1.82, 2.24) is 10.6 Å². The Labute approximate surface area is 183 Å². The monoisotopic (exact) mass is 444 g/mol. The number of hydrogen-bond donors (Lipinski definition) is 3. The predicted molar refractivity (Wildman–Crippen MR) is 117 cm³/mol. The summed E-state index contributed by atoms with van der Waals surface area (Å²) in [5, 5.41) is 20.4. The first-order valence-electron chi connectivity index (χ1n) is 9.96. The van der Waals surface area contributed by atoms with Gasteiger partial charge in [0.2, 0.25) is 5.91 Å². The first-order chi connectivity index (χ1) is 14.8. The highest BCUT2D eigenvalue weighted by atomic mass is 32.1. The van der Waals surface area contributed by atoms with E-state index in [-0.39, 0.29) is 29.2 Å². The first kappa shape index (κ1) is 22.4. The maximum atomic E-state index is 12.2. The summed E-state index contributed by atoms with van der Waals surface area (Å²) >= 11 is 1.69. The molecule has 1 heterocycles. The molecule has 1 aliphatic carbocycles. The number of nitro benzene ring substituents is 1. The van der Waals surface area contributed by atoms with Gasteiger partial charge < -0.3 is 16.0 Å². The van der Waals surface area contributed by atoms with E-state index in [1.54, 1.807) is 18.3 Å². The summed E-state index contributed by atoms with van der Waals surface area (Å²) in [5.74, 6) is -2.27. The van der Waals surface area contributed by atoms with Crippen LogP contribution in [-0.2, 0) is 19.8 Å². The molecule has 0 radical (unpaired) electrons. The number of aryl methyl sites for hydroxylation is 1. The van der Waals surface area contributed by atoms with E-state index in [0.29, 0.717) is 12.1 Å². The van der Waals surface area contributed by atoms with Crippen molar-refractivity contribution in [2.75, 3.05) is 18.4 Å². The molecule has 3 N–H and O–H groups in total. The zero-order chi connectivity index (χ0) is 22.4. The number of hydrogen-bond acceptors (Lipinski definition) is 6. The quantitative estimate of drug-likeness (QED) is 0.343. The average molecular weight is 445 g/mol. The molecule has 0 spiro atoms. The number of nitrogens with zero attached hydrogens (tertiary/aromatic N) is 1. The Morgan fingerprint density at radius 2 is 1.87 bits per heavy atom. The van der Waals surface area contributed by atoms with E-state index < -0.39 is 16.7 Å². The maximum Gasteiger partial charge on any atom is 0.313 e. The van der Waals surface area contributed by atoms with Gasteiger partial charge in [0, 0.05) is 34.7 Å². The van der Waals surface area contributed by atoms with Crippen molar-refractivity contribution in [3.63, 3.8) is 0 Å². The van der Waals surface area contributed by atoms with Gasteiger partial charge >= 0.3 is 11.8 Å². The number of benzene rings is 1. The van der Waals surface area contributed by atoms with Gasteiger partial charge in [-0.3, -0.25) is 24.5 Å². The van der Waals surface area contributed by atoms with Gasteiger partial charge in [-0.2, -0.15) is 0 Å². The molecule has 3 rings (SSSR count). The number of carbonyl (C=O) groups excluding carboxylic acids is 3. The Morgan fingerprint density at radius 1 is 1.13 bits per heavy atom. The van der Waals surface area contributed by atoms with Crippen LogP contribution in [0, 0.1) is 17.0 Å². The lowest BCUT2D eigenvalue weighted by atomic mass is 9.84. The van der Waals surface area contributed by atoms with Crippen molar-refractivity contribution in [1.29, 1.82) is 0 Å². The van der Waals surface area contributed by atoms with Crippen LogP contribution in [0.25, 0.3) is 0 Å². The molecular formula is C21H24N4O5S. The number of nitro groups is 1. The predicted octanol–water partition coefficient (Wildman–Crippen LogP) is 2.65. The van der Waals surface area contributed by atoms with Gasteiger partial charge in [0.15, 0.2) is 0 Å². The number of thiophene rings is 1. The van der Waals surface area contributed by atoms with E-state index in [2.05, 4.69) is 22.0 Å². The second-order valence-electron chi connectivity index (χ2n) is 7.63. The molecule has 31 heavy (non-hydrogen) atoms. The summed E-state index contributed by atoms with van der Waals surface area (Å²) in [7, 11) is 0. The van der Waals surface area contributed by atoms with E-state index in [4.69, 9.17) is 0 Å². The van der Waals surface area contributed by atoms with Crippen LogP contribution in [0.2, 0.25) is 0 Å². The number of amides is 3. The zero-order valence-electron chi connectivity index (χ0n) is 17.1. The van der Waals surface area contributed by atoms with Crippen molar-refractivity contribution in [3.8, 4) is 0 Å². The van der Waals surface area contributed by atoms with Crippen molar-refractivity contribution >= 4 is 40.4 Å². The van der Waals surface area contributed by atoms with Crippen LogP contribution in [0.4, 0.5) is 11.4 Å². The molecule has 0 aliphatic heterocycles. The van der Waals surface area contributed by atoms with Crippen LogP contribution in [0.1, 0.15) is 36.1 Å². The van der Waals surface area contributed by atoms with Gasteiger partial charge in [-0.15, -0.1) is 11.3 Å². The minimum atomic E-state index is -0.957. The fourth-order valence-corrected chi connectivity index (χ4v) is 4.78. The second kappa shape index (κ2) is 9.69. The van der Waals surface area contributed by atoms with Gasteiger partial charge in [0.1, 0.15) is 0 Å². The number of anilines is 1. The number of nitrogens with one attached hydrogen (secondary N) is 3. The Hall–Kier alpha value is -3.27. The third kappa shape index (κ3) is 5.46. The van der Waals surface area contributed by atoms with Crippen molar-refractivity contribution in [2.45, 2.75) is 38.0 Å². The molecule has 1 fully saturated rings. The summed E-state index contributed by atoms with van der Waals surface area (Å²) < 4.78 is 0. The van der Waals surface area contributed by atoms with Crippen LogP contribution in [0.3, 0.4) is 0 Å².